The summed E-state index contributed by atoms with van der Waals surface area (Å²) in [6, 6.07) is 0. The minimum atomic E-state index is -0.812. The maximum atomic E-state index is 10.3. The lowest BCUT2D eigenvalue weighted by Gasteiger charge is -2.09. The molecule has 17 heavy (non-hydrogen) atoms. The summed E-state index contributed by atoms with van der Waals surface area (Å²) in [5.41, 5.74) is 6.93. The van der Waals surface area contributed by atoms with E-state index in [2.05, 4.69) is 10.1 Å². The Hall–Kier alpha value is -1.60. The van der Waals surface area contributed by atoms with Crippen LogP contribution < -0.4 is 10.5 Å². The lowest BCUT2D eigenvalue weighted by atomic mass is 10.1. The highest BCUT2D eigenvalue weighted by atomic mass is 32.1. The molecule has 0 fully saturated rings. The number of anilines is 1. The first-order valence-electron chi connectivity index (χ1n) is 5.01. The third-order valence-electron chi connectivity index (χ3n) is 2.49. The number of nitrogen functional groups attached to an aromatic ring is 1. The number of methoxy groups -OCH3 is 1. The third kappa shape index (κ3) is 1.98. The number of nitrogens with zero attached hydrogens (tertiary/aromatic N) is 3. The number of rotatable bonds is 3. The maximum absolute atomic E-state index is 10.3. The second kappa shape index (κ2) is 4.34. The Morgan fingerprint density at radius 3 is 2.82 bits per heavy atom. The van der Waals surface area contributed by atoms with Crippen LogP contribution in [0.3, 0.4) is 0 Å². The van der Waals surface area contributed by atoms with Crippen LogP contribution in [-0.4, -0.2) is 27.0 Å². The number of hydrogen-bond donors (Lipinski definition) is 2. The molecular formula is C10H14N4O2S. The Bertz CT molecular complexity index is 534. The van der Waals surface area contributed by atoms with Crippen LogP contribution in [0.25, 0.3) is 0 Å². The molecule has 2 rings (SSSR count). The van der Waals surface area contributed by atoms with Crippen molar-refractivity contribution in [2.24, 2.45) is 7.05 Å². The molecule has 1 unspecified atom stereocenters. The van der Waals surface area contributed by atoms with E-state index in [1.807, 2.05) is 6.92 Å². The number of aliphatic hydroxyl groups is 1. The molecule has 3 N–H and O–H groups in total. The zero-order valence-corrected chi connectivity index (χ0v) is 10.7. The number of aromatic nitrogens is 3. The Labute approximate surface area is 103 Å². The second-order valence-corrected chi connectivity index (χ2v) is 4.73. The van der Waals surface area contributed by atoms with E-state index in [0.29, 0.717) is 21.5 Å². The minimum Gasteiger partial charge on any atom is -0.481 e. The Balaban J connectivity index is 2.46. The van der Waals surface area contributed by atoms with Crippen LogP contribution in [0, 0.1) is 6.92 Å². The van der Waals surface area contributed by atoms with E-state index < -0.39 is 6.10 Å². The van der Waals surface area contributed by atoms with E-state index in [1.165, 1.54) is 11.3 Å². The molecule has 92 valence electrons. The molecule has 0 aliphatic rings. The summed E-state index contributed by atoms with van der Waals surface area (Å²) < 4.78 is 6.84. The van der Waals surface area contributed by atoms with Crippen LogP contribution in [-0.2, 0) is 7.05 Å². The minimum absolute atomic E-state index is 0.430. The average Bonchev–Trinajstić information content (AvgIpc) is 2.81. The molecule has 2 aromatic rings. The molecule has 0 saturated carbocycles. The fourth-order valence-electron chi connectivity index (χ4n) is 1.78. The van der Waals surface area contributed by atoms with Gasteiger partial charge in [0.25, 0.3) is 0 Å². The van der Waals surface area contributed by atoms with E-state index in [1.54, 1.807) is 25.0 Å². The molecule has 0 amide bonds. The first-order chi connectivity index (χ1) is 8.04. The smallest absolute Gasteiger partial charge is 0.217 e. The summed E-state index contributed by atoms with van der Waals surface area (Å²) in [5.74, 6) is 0.543. The monoisotopic (exact) mass is 254 g/mol. The Morgan fingerprint density at radius 2 is 2.29 bits per heavy atom. The Kier molecular flexibility index (Phi) is 3.03. The molecule has 1 atom stereocenters. The van der Waals surface area contributed by atoms with Crippen LogP contribution in [0.4, 0.5) is 5.13 Å². The van der Waals surface area contributed by atoms with Gasteiger partial charge in [0.15, 0.2) is 5.13 Å². The predicted molar refractivity (Wildman–Crippen MR) is 65.1 cm³/mol. The molecule has 0 spiro atoms. The first-order valence-corrected chi connectivity index (χ1v) is 5.83. The first kappa shape index (κ1) is 11.9. The highest BCUT2D eigenvalue weighted by Crippen LogP contribution is 2.34. The van der Waals surface area contributed by atoms with Gasteiger partial charge in [-0.15, -0.1) is 0 Å². The summed E-state index contributed by atoms with van der Waals surface area (Å²) in [6.07, 6.45) is 0.754. The molecule has 0 saturated heterocycles. The van der Waals surface area contributed by atoms with Gasteiger partial charge in [-0.25, -0.2) is 9.67 Å². The van der Waals surface area contributed by atoms with Crippen molar-refractivity contribution < 1.29 is 9.84 Å². The highest BCUT2D eigenvalue weighted by Gasteiger charge is 2.24. The molecule has 0 bridgehead atoms. The van der Waals surface area contributed by atoms with Crippen LogP contribution in [0.5, 0.6) is 5.88 Å². The zero-order valence-electron chi connectivity index (χ0n) is 9.84. The van der Waals surface area contributed by atoms with Crippen molar-refractivity contribution in [3.63, 3.8) is 0 Å². The van der Waals surface area contributed by atoms with Gasteiger partial charge in [0.2, 0.25) is 5.88 Å². The van der Waals surface area contributed by atoms with Crippen molar-refractivity contribution in [1.29, 1.82) is 0 Å². The van der Waals surface area contributed by atoms with Crippen LogP contribution >= 0.6 is 11.3 Å². The van der Waals surface area contributed by atoms with Crippen molar-refractivity contribution in [3.05, 3.63) is 22.3 Å². The average molecular weight is 254 g/mol. The highest BCUT2D eigenvalue weighted by molar-refractivity contribution is 7.15. The topological polar surface area (TPSA) is 86.2 Å². The van der Waals surface area contributed by atoms with Gasteiger partial charge in [0.1, 0.15) is 6.10 Å². The molecule has 6 nitrogen and oxygen atoms in total. The normalized spacial score (nSPS) is 12.7. The molecule has 2 aromatic heterocycles. The van der Waals surface area contributed by atoms with E-state index in [0.717, 1.165) is 5.69 Å². The predicted octanol–water partition coefficient (Wildman–Crippen LogP) is 0.858. The van der Waals surface area contributed by atoms with Gasteiger partial charge in [-0.05, 0) is 6.92 Å². The van der Waals surface area contributed by atoms with E-state index in [4.69, 9.17) is 10.5 Å². The number of ether oxygens (including phenoxy) is 1. The van der Waals surface area contributed by atoms with Gasteiger partial charge < -0.3 is 15.6 Å². The van der Waals surface area contributed by atoms with Gasteiger partial charge >= 0.3 is 0 Å². The number of thiazole rings is 1. The summed E-state index contributed by atoms with van der Waals surface area (Å²) in [4.78, 5) is 4.60. The lowest BCUT2D eigenvalue weighted by molar-refractivity contribution is 0.216. The second-order valence-electron chi connectivity index (χ2n) is 3.64. The van der Waals surface area contributed by atoms with Crippen LogP contribution in [0.1, 0.15) is 22.2 Å². The summed E-state index contributed by atoms with van der Waals surface area (Å²) in [6.45, 7) is 1.82. The molecule has 0 radical (unpaired) electrons. The molecule has 2 heterocycles. The van der Waals surface area contributed by atoms with Crippen molar-refractivity contribution >= 4 is 16.5 Å². The fourth-order valence-corrected chi connectivity index (χ4v) is 2.46. The lowest BCUT2D eigenvalue weighted by Crippen LogP contribution is -2.02. The summed E-state index contributed by atoms with van der Waals surface area (Å²) in [7, 11) is 3.32. The summed E-state index contributed by atoms with van der Waals surface area (Å²) in [5, 5.41) is 14.9. The molecular weight excluding hydrogens is 240 g/mol. The van der Waals surface area contributed by atoms with Gasteiger partial charge in [0, 0.05) is 13.2 Å². The van der Waals surface area contributed by atoms with Crippen molar-refractivity contribution in [2.75, 3.05) is 12.8 Å². The molecule has 0 aromatic carbocycles. The number of aryl methyl sites for hydroxylation is 2. The van der Waals surface area contributed by atoms with Gasteiger partial charge in [-0.2, -0.15) is 5.10 Å². The van der Waals surface area contributed by atoms with Gasteiger partial charge in [0.05, 0.1) is 23.2 Å². The zero-order chi connectivity index (χ0) is 12.6. The third-order valence-corrected chi connectivity index (χ3v) is 3.37. The van der Waals surface area contributed by atoms with E-state index >= 15 is 0 Å². The maximum Gasteiger partial charge on any atom is 0.217 e. The quantitative estimate of drug-likeness (QED) is 0.848. The SMILES string of the molecule is COc1c(C(O)c2cnc(N)s2)c(C)nn1C. The van der Waals surface area contributed by atoms with E-state index in [-0.39, 0.29) is 0 Å². The largest absolute Gasteiger partial charge is 0.481 e. The van der Waals surface area contributed by atoms with Crippen LogP contribution in [0.15, 0.2) is 6.20 Å². The molecule has 0 aliphatic heterocycles. The Morgan fingerprint density at radius 1 is 1.59 bits per heavy atom. The fraction of sp³-hybridized carbons (Fsp3) is 0.400. The van der Waals surface area contributed by atoms with Crippen LogP contribution in [0.2, 0.25) is 0 Å². The molecule has 0 aliphatic carbocycles. The van der Waals surface area contributed by atoms with Gasteiger partial charge in [-0.3, -0.25) is 0 Å². The van der Waals surface area contributed by atoms with Crippen molar-refractivity contribution in [1.82, 2.24) is 14.8 Å². The number of hydrogen-bond acceptors (Lipinski definition) is 6. The summed E-state index contributed by atoms with van der Waals surface area (Å²) >= 11 is 1.25. The standard InChI is InChI=1S/C10H14N4O2S/c1-5-7(9(16-3)14(2)13-5)8(15)6-4-12-10(11)17-6/h4,8,15H,1-3H3,(H2,11,12). The number of nitrogens with two attached hydrogens (primary N) is 1. The van der Waals surface area contributed by atoms with Crippen molar-refractivity contribution in [3.8, 4) is 5.88 Å². The van der Waals surface area contributed by atoms with Gasteiger partial charge in [-0.1, -0.05) is 11.3 Å². The molecule has 7 heteroatoms. The van der Waals surface area contributed by atoms with E-state index in [9.17, 15) is 5.11 Å². The number of aliphatic hydroxyl groups excluding tert-OH is 1. The van der Waals surface area contributed by atoms with Crippen molar-refractivity contribution in [2.45, 2.75) is 13.0 Å².